The van der Waals surface area contributed by atoms with Gasteiger partial charge in [0, 0.05) is 13.6 Å². The van der Waals surface area contributed by atoms with E-state index in [1.165, 1.54) is 11.3 Å². The van der Waals surface area contributed by atoms with Gasteiger partial charge in [-0.1, -0.05) is 12.1 Å². The van der Waals surface area contributed by atoms with Gasteiger partial charge in [-0.3, -0.25) is 4.99 Å². The van der Waals surface area contributed by atoms with Gasteiger partial charge in [0.2, 0.25) is 0 Å². The number of esters is 1. The predicted octanol–water partition coefficient (Wildman–Crippen LogP) is 3.17. The van der Waals surface area contributed by atoms with Crippen LogP contribution < -0.4 is 15.4 Å². The van der Waals surface area contributed by atoms with Crippen LogP contribution in [0.3, 0.4) is 0 Å². The van der Waals surface area contributed by atoms with Crippen molar-refractivity contribution < 1.29 is 14.3 Å². The predicted molar refractivity (Wildman–Crippen MR) is 125 cm³/mol. The highest BCUT2D eigenvalue weighted by molar-refractivity contribution is 7.13. The molecular formula is C22H33N5O3S. The number of ether oxygens (including phenoxy) is 2. The number of guanidine groups is 1. The Morgan fingerprint density at radius 1 is 1.35 bits per heavy atom. The third-order valence-corrected chi connectivity index (χ3v) is 6.11. The number of hydrogen-bond donors (Lipinski definition) is 2. The lowest BCUT2D eigenvalue weighted by atomic mass is 10.1. The number of methoxy groups -OCH3 is 1. The molecule has 2 aromatic rings. The number of hydrogen-bond acceptors (Lipinski definition) is 7. The van der Waals surface area contributed by atoms with E-state index in [4.69, 9.17) is 9.47 Å². The molecule has 0 aliphatic rings. The standard InChI is InChI=1S/C22H33N5O3S/c1-8-30-21(28)19-14(2)25-20(31-19)15(3)26-22(23-4)24-13-18(27(5)6)16-10-9-11-17(12-16)29-7/h9-12,15,18H,8,13H2,1-7H3,(H2,23,24,26). The summed E-state index contributed by atoms with van der Waals surface area (Å²) in [7, 11) is 7.48. The molecule has 8 nitrogen and oxygen atoms in total. The van der Waals surface area contributed by atoms with Crippen LogP contribution in [0, 0.1) is 6.92 Å². The number of aryl methyl sites for hydroxylation is 1. The van der Waals surface area contributed by atoms with Gasteiger partial charge in [-0.05, 0) is 52.6 Å². The summed E-state index contributed by atoms with van der Waals surface area (Å²) in [5.41, 5.74) is 1.83. The zero-order valence-corrected chi connectivity index (χ0v) is 20.2. The molecule has 0 bridgehead atoms. The summed E-state index contributed by atoms with van der Waals surface area (Å²) in [6, 6.07) is 8.07. The largest absolute Gasteiger partial charge is 0.497 e. The first-order chi connectivity index (χ1) is 14.8. The minimum atomic E-state index is -0.328. The highest BCUT2D eigenvalue weighted by Crippen LogP contribution is 2.25. The molecule has 0 spiro atoms. The lowest BCUT2D eigenvalue weighted by Crippen LogP contribution is -2.42. The number of likely N-dealkylation sites (N-methyl/N-ethyl adjacent to an activating group) is 1. The Morgan fingerprint density at radius 2 is 2.10 bits per heavy atom. The van der Waals surface area contributed by atoms with E-state index in [1.807, 2.05) is 46.1 Å². The summed E-state index contributed by atoms with van der Waals surface area (Å²) in [5.74, 6) is 1.16. The van der Waals surface area contributed by atoms with Gasteiger partial charge in [-0.2, -0.15) is 0 Å². The van der Waals surface area contributed by atoms with Gasteiger partial charge in [0.25, 0.3) is 0 Å². The van der Waals surface area contributed by atoms with Crippen LogP contribution in [0.1, 0.15) is 51.9 Å². The number of nitrogens with zero attached hydrogens (tertiary/aromatic N) is 3. The summed E-state index contributed by atoms with van der Waals surface area (Å²) in [6.45, 7) is 6.60. The fourth-order valence-electron chi connectivity index (χ4n) is 3.09. The van der Waals surface area contributed by atoms with Gasteiger partial charge >= 0.3 is 5.97 Å². The Labute approximate surface area is 188 Å². The molecule has 31 heavy (non-hydrogen) atoms. The van der Waals surface area contributed by atoms with Crippen LogP contribution in [0.5, 0.6) is 5.75 Å². The number of benzene rings is 1. The maximum atomic E-state index is 12.1. The van der Waals surface area contributed by atoms with E-state index < -0.39 is 0 Å². The number of thiazole rings is 1. The van der Waals surface area contributed by atoms with Crippen LogP contribution in [-0.2, 0) is 4.74 Å². The molecule has 9 heteroatoms. The van der Waals surface area contributed by atoms with Crippen molar-refractivity contribution >= 4 is 23.3 Å². The second-order valence-corrected chi connectivity index (χ2v) is 8.29. The average molecular weight is 448 g/mol. The van der Waals surface area contributed by atoms with Crippen LogP contribution in [-0.4, -0.2) is 63.2 Å². The summed E-state index contributed by atoms with van der Waals surface area (Å²) in [5, 5.41) is 7.55. The summed E-state index contributed by atoms with van der Waals surface area (Å²) < 4.78 is 10.5. The van der Waals surface area contributed by atoms with Crippen molar-refractivity contribution in [2.24, 2.45) is 4.99 Å². The smallest absolute Gasteiger partial charge is 0.350 e. The lowest BCUT2D eigenvalue weighted by molar-refractivity contribution is 0.0531. The van der Waals surface area contributed by atoms with Crippen molar-refractivity contribution in [1.82, 2.24) is 20.5 Å². The Balaban J connectivity index is 2.05. The van der Waals surface area contributed by atoms with Gasteiger partial charge in [-0.25, -0.2) is 9.78 Å². The minimum absolute atomic E-state index is 0.118. The van der Waals surface area contributed by atoms with Crippen molar-refractivity contribution in [3.8, 4) is 5.75 Å². The fraction of sp³-hybridized carbons (Fsp3) is 0.500. The number of carbonyl (C=O) groups is 1. The quantitative estimate of drug-likeness (QED) is 0.347. The number of nitrogens with one attached hydrogen (secondary N) is 2. The van der Waals surface area contributed by atoms with Gasteiger partial charge in [0.1, 0.15) is 15.6 Å². The molecule has 0 aliphatic carbocycles. The van der Waals surface area contributed by atoms with E-state index in [0.717, 1.165) is 16.3 Å². The first-order valence-corrected chi connectivity index (χ1v) is 11.0. The van der Waals surface area contributed by atoms with E-state index in [0.29, 0.717) is 29.7 Å². The number of carbonyl (C=O) groups excluding carboxylic acids is 1. The fourth-order valence-corrected chi connectivity index (χ4v) is 4.05. The SMILES string of the molecule is CCOC(=O)c1sc(C(C)NC(=NC)NCC(c2cccc(OC)c2)N(C)C)nc1C. The molecular weight excluding hydrogens is 414 g/mol. The molecule has 0 saturated heterocycles. The van der Waals surface area contributed by atoms with Gasteiger partial charge in [0.05, 0.1) is 31.5 Å². The van der Waals surface area contributed by atoms with E-state index in [1.54, 1.807) is 21.1 Å². The monoisotopic (exact) mass is 447 g/mol. The highest BCUT2D eigenvalue weighted by Gasteiger charge is 2.21. The van der Waals surface area contributed by atoms with Crippen LogP contribution >= 0.6 is 11.3 Å². The zero-order valence-electron chi connectivity index (χ0n) is 19.4. The average Bonchev–Trinajstić information content (AvgIpc) is 3.15. The maximum Gasteiger partial charge on any atom is 0.350 e. The van der Waals surface area contributed by atoms with Crippen molar-refractivity contribution in [3.05, 3.63) is 45.4 Å². The molecule has 0 saturated carbocycles. The van der Waals surface area contributed by atoms with Crippen LogP contribution in [0.4, 0.5) is 0 Å². The van der Waals surface area contributed by atoms with Crippen molar-refractivity contribution in [3.63, 3.8) is 0 Å². The van der Waals surface area contributed by atoms with E-state index in [9.17, 15) is 4.79 Å². The first-order valence-electron chi connectivity index (χ1n) is 10.2. The third kappa shape index (κ3) is 6.67. The molecule has 1 heterocycles. The molecule has 1 aromatic carbocycles. The van der Waals surface area contributed by atoms with Gasteiger partial charge in [0.15, 0.2) is 5.96 Å². The van der Waals surface area contributed by atoms with Crippen molar-refractivity contribution in [2.75, 3.05) is 41.4 Å². The zero-order chi connectivity index (χ0) is 23.0. The molecule has 0 radical (unpaired) electrons. The molecule has 0 amide bonds. The van der Waals surface area contributed by atoms with Crippen LogP contribution in [0.25, 0.3) is 0 Å². The summed E-state index contributed by atoms with van der Waals surface area (Å²) in [4.78, 5) is 23.7. The Hall–Kier alpha value is -2.65. The number of rotatable bonds is 9. The second kappa shape index (κ2) is 11.7. The van der Waals surface area contributed by atoms with E-state index >= 15 is 0 Å². The van der Waals surface area contributed by atoms with Crippen LogP contribution in [0.2, 0.25) is 0 Å². The minimum Gasteiger partial charge on any atom is -0.497 e. The summed E-state index contributed by atoms with van der Waals surface area (Å²) in [6.07, 6.45) is 0. The van der Waals surface area contributed by atoms with E-state index in [-0.39, 0.29) is 18.1 Å². The molecule has 2 atom stereocenters. The lowest BCUT2D eigenvalue weighted by Gasteiger charge is -2.27. The molecule has 0 fully saturated rings. The highest BCUT2D eigenvalue weighted by atomic mass is 32.1. The number of aliphatic imine (C=N–C) groups is 1. The molecule has 2 N–H and O–H groups in total. The van der Waals surface area contributed by atoms with E-state index in [2.05, 4.69) is 31.6 Å². The topological polar surface area (TPSA) is 88.1 Å². The van der Waals surface area contributed by atoms with Crippen LogP contribution in [0.15, 0.2) is 29.3 Å². The number of aromatic nitrogens is 1. The molecule has 0 aliphatic heterocycles. The normalized spacial score (nSPS) is 13.6. The van der Waals surface area contributed by atoms with Gasteiger partial charge in [-0.15, -0.1) is 11.3 Å². The van der Waals surface area contributed by atoms with Crippen molar-refractivity contribution in [1.29, 1.82) is 0 Å². The van der Waals surface area contributed by atoms with Crippen molar-refractivity contribution in [2.45, 2.75) is 32.9 Å². The Kier molecular flexibility index (Phi) is 9.26. The third-order valence-electron chi connectivity index (χ3n) is 4.79. The molecule has 1 aromatic heterocycles. The summed E-state index contributed by atoms with van der Waals surface area (Å²) >= 11 is 1.35. The molecule has 170 valence electrons. The van der Waals surface area contributed by atoms with Gasteiger partial charge < -0.3 is 25.0 Å². The molecule has 2 rings (SSSR count). The molecule has 2 unspecified atom stereocenters. The first kappa shape index (κ1) is 24.6. The Bertz CT molecular complexity index is 897. The maximum absolute atomic E-state index is 12.1. The second-order valence-electron chi connectivity index (χ2n) is 7.26. The Morgan fingerprint density at radius 3 is 2.71 bits per heavy atom.